The number of hydrogen-bond acceptors (Lipinski definition) is 3. The van der Waals surface area contributed by atoms with Gasteiger partial charge in [-0.1, -0.05) is 17.7 Å². The first-order valence-corrected chi connectivity index (χ1v) is 7.48. The summed E-state index contributed by atoms with van der Waals surface area (Å²) in [5.41, 5.74) is 9.34. The average molecular weight is 311 g/mol. The maximum Gasteiger partial charge on any atom is 0.255 e. The van der Waals surface area contributed by atoms with E-state index < -0.39 is 0 Å². The van der Waals surface area contributed by atoms with Gasteiger partial charge in [0.1, 0.15) is 0 Å². The minimum absolute atomic E-state index is 0.122. The number of carbonyl (C=O) groups excluding carboxylic acids is 2. The first kappa shape index (κ1) is 16.7. The van der Waals surface area contributed by atoms with Crippen LogP contribution in [0.3, 0.4) is 0 Å². The Morgan fingerprint density at radius 1 is 1.00 bits per heavy atom. The van der Waals surface area contributed by atoms with E-state index in [1.165, 1.54) is 0 Å². The summed E-state index contributed by atoms with van der Waals surface area (Å²) in [7, 11) is 0. The molecule has 0 spiro atoms. The molecule has 2 rings (SSSR count). The molecule has 4 N–H and O–H groups in total. The third-order valence-corrected chi connectivity index (χ3v) is 3.44. The van der Waals surface area contributed by atoms with Gasteiger partial charge in [0, 0.05) is 29.9 Å². The zero-order valence-corrected chi connectivity index (χ0v) is 13.3. The van der Waals surface area contributed by atoms with Gasteiger partial charge in [0.15, 0.2) is 0 Å². The van der Waals surface area contributed by atoms with Crippen LogP contribution < -0.4 is 16.4 Å². The van der Waals surface area contributed by atoms with Crippen molar-refractivity contribution >= 4 is 23.2 Å². The lowest BCUT2D eigenvalue weighted by Gasteiger charge is -2.11. The Bertz CT molecular complexity index is 709. The van der Waals surface area contributed by atoms with Crippen molar-refractivity contribution in [3.8, 4) is 0 Å². The summed E-state index contributed by atoms with van der Waals surface area (Å²) in [4.78, 5) is 23.8. The van der Waals surface area contributed by atoms with Gasteiger partial charge in [0.2, 0.25) is 5.91 Å². The summed E-state index contributed by atoms with van der Waals surface area (Å²) in [5.74, 6) is -0.281. The fourth-order valence-electron chi connectivity index (χ4n) is 2.14. The molecule has 23 heavy (non-hydrogen) atoms. The van der Waals surface area contributed by atoms with Crippen LogP contribution in [0.4, 0.5) is 11.4 Å². The number of benzene rings is 2. The molecule has 2 aromatic carbocycles. The van der Waals surface area contributed by atoms with Gasteiger partial charge in [0.05, 0.1) is 0 Å². The Kier molecular flexibility index (Phi) is 5.49. The highest BCUT2D eigenvalue weighted by Crippen LogP contribution is 2.20. The third kappa shape index (κ3) is 4.66. The molecule has 0 radical (unpaired) electrons. The summed E-state index contributed by atoms with van der Waals surface area (Å²) in [6.45, 7) is 4.17. The van der Waals surface area contributed by atoms with Gasteiger partial charge in [0.25, 0.3) is 5.91 Å². The van der Waals surface area contributed by atoms with Crippen LogP contribution in [-0.2, 0) is 4.79 Å². The Hall–Kier alpha value is -2.66. The minimum Gasteiger partial charge on any atom is -0.330 e. The molecule has 0 aliphatic rings. The van der Waals surface area contributed by atoms with Gasteiger partial charge in [-0.3, -0.25) is 9.59 Å². The quantitative estimate of drug-likeness (QED) is 0.794. The molecule has 0 aliphatic heterocycles. The van der Waals surface area contributed by atoms with Crippen molar-refractivity contribution in [1.82, 2.24) is 0 Å². The zero-order chi connectivity index (χ0) is 16.8. The van der Waals surface area contributed by atoms with Crippen molar-refractivity contribution in [2.75, 3.05) is 17.2 Å². The number of amides is 2. The molecule has 0 unspecified atom stereocenters. The molecule has 2 amide bonds. The minimum atomic E-state index is -0.159. The molecule has 5 nitrogen and oxygen atoms in total. The average Bonchev–Trinajstić information content (AvgIpc) is 2.51. The SMILES string of the molecule is Cc1ccc(C(=O)Nc2ccc(NC(=O)CCN)cc2C)cc1. The highest BCUT2D eigenvalue weighted by molar-refractivity contribution is 6.04. The number of carbonyl (C=O) groups is 2. The number of rotatable bonds is 5. The van der Waals surface area contributed by atoms with Crippen molar-refractivity contribution in [3.63, 3.8) is 0 Å². The lowest BCUT2D eigenvalue weighted by Crippen LogP contribution is -2.16. The molecule has 0 saturated heterocycles. The first-order valence-electron chi connectivity index (χ1n) is 7.48. The van der Waals surface area contributed by atoms with Crippen molar-refractivity contribution < 1.29 is 9.59 Å². The predicted octanol–water partition coefficient (Wildman–Crippen LogP) is 2.84. The molecule has 5 heteroatoms. The van der Waals surface area contributed by atoms with Crippen LogP contribution in [0, 0.1) is 13.8 Å². The first-order chi connectivity index (χ1) is 11.0. The Balaban J connectivity index is 2.07. The molecule has 120 valence electrons. The largest absolute Gasteiger partial charge is 0.330 e. The van der Waals surface area contributed by atoms with E-state index in [1.54, 1.807) is 24.3 Å². The molecular weight excluding hydrogens is 290 g/mol. The monoisotopic (exact) mass is 311 g/mol. The Labute approximate surface area is 135 Å². The Morgan fingerprint density at radius 2 is 1.70 bits per heavy atom. The molecule has 0 fully saturated rings. The van der Waals surface area contributed by atoms with Gasteiger partial charge in [-0.15, -0.1) is 0 Å². The zero-order valence-electron chi connectivity index (χ0n) is 13.3. The van der Waals surface area contributed by atoms with E-state index in [2.05, 4.69) is 10.6 Å². The standard InChI is InChI=1S/C18H21N3O2/c1-12-3-5-14(6-4-12)18(23)21-16-8-7-15(11-13(16)2)20-17(22)9-10-19/h3-8,11H,9-10,19H2,1-2H3,(H,20,22)(H,21,23). The number of nitrogens with one attached hydrogen (secondary N) is 2. The Morgan fingerprint density at radius 3 is 2.30 bits per heavy atom. The highest BCUT2D eigenvalue weighted by Gasteiger charge is 2.09. The van der Waals surface area contributed by atoms with Crippen LogP contribution in [0.25, 0.3) is 0 Å². The topological polar surface area (TPSA) is 84.2 Å². The third-order valence-electron chi connectivity index (χ3n) is 3.44. The van der Waals surface area contributed by atoms with E-state index >= 15 is 0 Å². The summed E-state index contributed by atoms with van der Waals surface area (Å²) < 4.78 is 0. The van der Waals surface area contributed by atoms with Gasteiger partial charge in [-0.2, -0.15) is 0 Å². The number of nitrogens with two attached hydrogens (primary N) is 1. The van der Waals surface area contributed by atoms with E-state index in [0.717, 1.165) is 11.1 Å². The van der Waals surface area contributed by atoms with Crippen molar-refractivity contribution in [3.05, 3.63) is 59.2 Å². The fraction of sp³-hybridized carbons (Fsp3) is 0.222. The van der Waals surface area contributed by atoms with E-state index in [1.807, 2.05) is 32.0 Å². The second kappa shape index (κ2) is 7.56. The van der Waals surface area contributed by atoms with Crippen LogP contribution >= 0.6 is 0 Å². The summed E-state index contributed by atoms with van der Waals surface area (Å²) in [5, 5.41) is 5.65. The second-order valence-corrected chi connectivity index (χ2v) is 5.44. The molecule has 0 bridgehead atoms. The van der Waals surface area contributed by atoms with Crippen molar-refractivity contribution in [1.29, 1.82) is 0 Å². The number of aryl methyl sites for hydroxylation is 2. The second-order valence-electron chi connectivity index (χ2n) is 5.44. The molecule has 2 aromatic rings. The summed E-state index contributed by atoms with van der Waals surface area (Å²) in [6.07, 6.45) is 0.283. The summed E-state index contributed by atoms with van der Waals surface area (Å²) in [6, 6.07) is 12.7. The highest BCUT2D eigenvalue weighted by atomic mass is 16.2. The van der Waals surface area contributed by atoms with Crippen LogP contribution in [0.1, 0.15) is 27.9 Å². The van der Waals surface area contributed by atoms with Gasteiger partial charge < -0.3 is 16.4 Å². The van der Waals surface area contributed by atoms with Crippen LogP contribution in [-0.4, -0.2) is 18.4 Å². The molecule has 0 heterocycles. The molecule has 0 saturated carbocycles. The lowest BCUT2D eigenvalue weighted by atomic mass is 10.1. The molecular formula is C18H21N3O2. The van der Waals surface area contributed by atoms with E-state index in [0.29, 0.717) is 23.5 Å². The maximum absolute atomic E-state index is 12.2. The molecule has 0 aliphatic carbocycles. The van der Waals surface area contributed by atoms with Crippen LogP contribution in [0.5, 0.6) is 0 Å². The van der Waals surface area contributed by atoms with E-state index in [4.69, 9.17) is 5.73 Å². The number of hydrogen-bond donors (Lipinski definition) is 3. The van der Waals surface area contributed by atoms with Gasteiger partial charge in [-0.05, 0) is 49.7 Å². The molecule has 0 atom stereocenters. The maximum atomic E-state index is 12.2. The van der Waals surface area contributed by atoms with Gasteiger partial charge in [-0.25, -0.2) is 0 Å². The lowest BCUT2D eigenvalue weighted by molar-refractivity contribution is -0.116. The van der Waals surface area contributed by atoms with Crippen LogP contribution in [0.2, 0.25) is 0 Å². The predicted molar refractivity (Wildman–Crippen MR) is 92.6 cm³/mol. The smallest absolute Gasteiger partial charge is 0.255 e. The number of anilines is 2. The fourth-order valence-corrected chi connectivity index (χ4v) is 2.14. The van der Waals surface area contributed by atoms with E-state index in [-0.39, 0.29) is 18.2 Å². The molecule has 0 aromatic heterocycles. The van der Waals surface area contributed by atoms with E-state index in [9.17, 15) is 9.59 Å². The normalized spacial score (nSPS) is 10.2. The van der Waals surface area contributed by atoms with Crippen molar-refractivity contribution in [2.24, 2.45) is 5.73 Å². The van der Waals surface area contributed by atoms with Crippen molar-refractivity contribution in [2.45, 2.75) is 20.3 Å². The van der Waals surface area contributed by atoms with Gasteiger partial charge >= 0.3 is 0 Å². The van der Waals surface area contributed by atoms with Crippen LogP contribution in [0.15, 0.2) is 42.5 Å². The summed E-state index contributed by atoms with van der Waals surface area (Å²) >= 11 is 0.